The van der Waals surface area contributed by atoms with Gasteiger partial charge in [-0.15, -0.1) is 11.3 Å². The maximum Gasteiger partial charge on any atom is 0.355 e. The summed E-state index contributed by atoms with van der Waals surface area (Å²) in [5.74, 6) is -0.976. The Morgan fingerprint density at radius 2 is 2.57 bits per heavy atom. The number of hydrogen-bond acceptors (Lipinski definition) is 4. The highest BCUT2D eigenvalue weighted by atomic mass is 32.1. The second-order valence-electron chi connectivity index (χ2n) is 2.67. The average Bonchev–Trinajstić information content (AvgIpc) is 2.61. The van der Waals surface area contributed by atoms with E-state index in [1.807, 2.05) is 19.2 Å². The van der Waals surface area contributed by atoms with Crippen LogP contribution in [-0.2, 0) is 0 Å². The van der Waals surface area contributed by atoms with E-state index in [2.05, 4.69) is 10.3 Å². The van der Waals surface area contributed by atoms with E-state index in [4.69, 9.17) is 5.11 Å². The molecule has 0 aliphatic heterocycles. The molecule has 0 saturated heterocycles. The van der Waals surface area contributed by atoms with Gasteiger partial charge in [0.15, 0.2) is 5.69 Å². The van der Waals surface area contributed by atoms with Crippen molar-refractivity contribution in [2.24, 2.45) is 0 Å². The van der Waals surface area contributed by atoms with Crippen molar-refractivity contribution in [2.45, 2.75) is 6.42 Å². The number of aromatic carboxylic acids is 1. The quantitative estimate of drug-likeness (QED) is 0.725. The molecule has 1 rings (SSSR count). The third-order valence-electron chi connectivity index (χ3n) is 1.56. The van der Waals surface area contributed by atoms with Crippen molar-refractivity contribution >= 4 is 23.4 Å². The van der Waals surface area contributed by atoms with Gasteiger partial charge >= 0.3 is 5.97 Å². The molecule has 0 amide bonds. The standard InChI is InChI=1S/C9H12N2O2S/c1-10-5-3-2-4-8-11-7(6-14-8)9(12)13/h2,4,6,10H,3,5H2,1H3,(H,12,13). The minimum absolute atomic E-state index is 0.114. The molecule has 1 aromatic heterocycles. The van der Waals surface area contributed by atoms with Gasteiger partial charge in [0, 0.05) is 5.38 Å². The van der Waals surface area contributed by atoms with Gasteiger partial charge in [0.1, 0.15) is 5.01 Å². The van der Waals surface area contributed by atoms with Crippen molar-refractivity contribution in [3.05, 3.63) is 22.2 Å². The molecule has 0 aliphatic carbocycles. The first-order chi connectivity index (χ1) is 6.74. The highest BCUT2D eigenvalue weighted by molar-refractivity contribution is 7.10. The summed E-state index contributed by atoms with van der Waals surface area (Å²) in [5, 5.41) is 13.9. The van der Waals surface area contributed by atoms with Gasteiger partial charge in [-0.1, -0.05) is 6.08 Å². The smallest absolute Gasteiger partial charge is 0.355 e. The summed E-state index contributed by atoms with van der Waals surface area (Å²) >= 11 is 1.34. The SMILES string of the molecule is CNCCC=Cc1nc(C(=O)O)cs1. The van der Waals surface area contributed by atoms with Crippen LogP contribution in [-0.4, -0.2) is 29.7 Å². The average molecular weight is 212 g/mol. The summed E-state index contributed by atoms with van der Waals surface area (Å²) in [6.07, 6.45) is 4.73. The van der Waals surface area contributed by atoms with E-state index in [1.165, 1.54) is 11.3 Å². The van der Waals surface area contributed by atoms with Gasteiger partial charge in [-0.05, 0) is 26.1 Å². The highest BCUT2D eigenvalue weighted by Crippen LogP contribution is 2.11. The Hall–Kier alpha value is -1.20. The van der Waals surface area contributed by atoms with Crippen LogP contribution in [0.4, 0.5) is 0 Å². The molecule has 76 valence electrons. The molecule has 0 fully saturated rings. The van der Waals surface area contributed by atoms with E-state index >= 15 is 0 Å². The molecule has 5 heteroatoms. The maximum atomic E-state index is 10.5. The van der Waals surface area contributed by atoms with E-state index in [9.17, 15) is 4.79 Å². The molecule has 0 spiro atoms. The summed E-state index contributed by atoms with van der Waals surface area (Å²) in [4.78, 5) is 14.4. The summed E-state index contributed by atoms with van der Waals surface area (Å²) in [6, 6.07) is 0. The summed E-state index contributed by atoms with van der Waals surface area (Å²) in [7, 11) is 1.89. The number of aromatic nitrogens is 1. The molecule has 0 saturated carbocycles. The lowest BCUT2D eigenvalue weighted by molar-refractivity contribution is 0.0691. The molecule has 0 atom stereocenters. The number of nitrogens with one attached hydrogen (secondary N) is 1. The first kappa shape index (κ1) is 10.9. The fourth-order valence-electron chi connectivity index (χ4n) is 0.874. The van der Waals surface area contributed by atoms with Crippen LogP contribution in [0.15, 0.2) is 11.5 Å². The first-order valence-electron chi connectivity index (χ1n) is 4.24. The van der Waals surface area contributed by atoms with Crippen molar-refractivity contribution in [3.63, 3.8) is 0 Å². The van der Waals surface area contributed by atoms with Gasteiger partial charge < -0.3 is 10.4 Å². The van der Waals surface area contributed by atoms with E-state index < -0.39 is 5.97 Å². The summed E-state index contributed by atoms with van der Waals surface area (Å²) in [5.41, 5.74) is 0.114. The number of carboxylic acid groups (broad SMARTS) is 1. The van der Waals surface area contributed by atoms with Crippen LogP contribution in [0.25, 0.3) is 6.08 Å². The van der Waals surface area contributed by atoms with Crippen molar-refractivity contribution in [3.8, 4) is 0 Å². The van der Waals surface area contributed by atoms with Gasteiger partial charge in [0.2, 0.25) is 0 Å². The summed E-state index contributed by atoms with van der Waals surface area (Å²) < 4.78 is 0. The van der Waals surface area contributed by atoms with Gasteiger partial charge in [0.05, 0.1) is 0 Å². The van der Waals surface area contributed by atoms with Crippen molar-refractivity contribution in [1.82, 2.24) is 10.3 Å². The number of hydrogen-bond donors (Lipinski definition) is 2. The molecule has 0 radical (unpaired) electrons. The molecule has 4 nitrogen and oxygen atoms in total. The zero-order chi connectivity index (χ0) is 10.4. The normalized spacial score (nSPS) is 10.9. The number of carboxylic acids is 1. The molecule has 1 aromatic rings. The van der Waals surface area contributed by atoms with Crippen molar-refractivity contribution < 1.29 is 9.90 Å². The molecule has 0 aromatic carbocycles. The Labute approximate surface area is 86.3 Å². The Morgan fingerprint density at radius 3 is 3.14 bits per heavy atom. The zero-order valence-corrected chi connectivity index (χ0v) is 8.67. The Balaban J connectivity index is 2.51. The van der Waals surface area contributed by atoms with Crippen molar-refractivity contribution in [2.75, 3.05) is 13.6 Å². The van der Waals surface area contributed by atoms with Crippen molar-refractivity contribution in [1.29, 1.82) is 0 Å². The zero-order valence-electron chi connectivity index (χ0n) is 7.86. The van der Waals surface area contributed by atoms with E-state index in [0.717, 1.165) is 18.0 Å². The molecular weight excluding hydrogens is 200 g/mol. The number of nitrogens with zero attached hydrogens (tertiary/aromatic N) is 1. The number of thiazole rings is 1. The molecule has 0 bridgehead atoms. The van der Waals surface area contributed by atoms with E-state index in [1.54, 1.807) is 5.38 Å². The number of rotatable bonds is 5. The monoisotopic (exact) mass is 212 g/mol. The minimum atomic E-state index is -0.976. The fraction of sp³-hybridized carbons (Fsp3) is 0.333. The minimum Gasteiger partial charge on any atom is -0.476 e. The van der Waals surface area contributed by atoms with Crippen LogP contribution in [0.3, 0.4) is 0 Å². The molecule has 0 aliphatic rings. The second kappa shape index (κ2) is 5.51. The fourth-order valence-corrected chi connectivity index (χ4v) is 1.59. The lowest BCUT2D eigenvalue weighted by atomic mass is 10.4. The van der Waals surface area contributed by atoms with E-state index in [0.29, 0.717) is 0 Å². The van der Waals surface area contributed by atoms with Crippen LogP contribution < -0.4 is 5.32 Å². The third-order valence-corrected chi connectivity index (χ3v) is 2.37. The predicted octanol–water partition coefficient (Wildman–Crippen LogP) is 1.46. The molecule has 14 heavy (non-hydrogen) atoms. The Morgan fingerprint density at radius 1 is 1.79 bits per heavy atom. The maximum absolute atomic E-state index is 10.5. The predicted molar refractivity (Wildman–Crippen MR) is 56.7 cm³/mol. The summed E-state index contributed by atoms with van der Waals surface area (Å²) in [6.45, 7) is 0.910. The second-order valence-corrected chi connectivity index (χ2v) is 3.56. The van der Waals surface area contributed by atoms with E-state index in [-0.39, 0.29) is 5.69 Å². The van der Waals surface area contributed by atoms with Crippen LogP contribution in [0.5, 0.6) is 0 Å². The first-order valence-corrected chi connectivity index (χ1v) is 5.12. The lowest BCUT2D eigenvalue weighted by Gasteiger charge is -1.89. The highest BCUT2D eigenvalue weighted by Gasteiger charge is 2.05. The Kier molecular flexibility index (Phi) is 4.28. The van der Waals surface area contributed by atoms with Crippen LogP contribution >= 0.6 is 11.3 Å². The topological polar surface area (TPSA) is 62.2 Å². The lowest BCUT2D eigenvalue weighted by Crippen LogP contribution is -2.05. The van der Waals surface area contributed by atoms with Crippen LogP contribution in [0.2, 0.25) is 0 Å². The molecular formula is C9H12N2O2S. The van der Waals surface area contributed by atoms with Crippen LogP contribution in [0, 0.1) is 0 Å². The van der Waals surface area contributed by atoms with Gasteiger partial charge in [-0.3, -0.25) is 0 Å². The molecule has 2 N–H and O–H groups in total. The van der Waals surface area contributed by atoms with Gasteiger partial charge in [-0.25, -0.2) is 9.78 Å². The van der Waals surface area contributed by atoms with Crippen LogP contribution in [0.1, 0.15) is 21.9 Å². The van der Waals surface area contributed by atoms with Gasteiger partial charge in [0.25, 0.3) is 0 Å². The third kappa shape index (κ3) is 3.27. The number of carbonyl (C=O) groups is 1. The Bertz CT molecular complexity index is 333. The largest absolute Gasteiger partial charge is 0.476 e. The molecule has 0 unspecified atom stereocenters. The van der Waals surface area contributed by atoms with Gasteiger partial charge in [-0.2, -0.15) is 0 Å². The molecule has 1 heterocycles.